The number of nitrogens with zero attached hydrogens (tertiary/aromatic N) is 4. The number of rotatable bonds is 8. The number of halogens is 6. The summed E-state index contributed by atoms with van der Waals surface area (Å²) in [5, 5.41) is -0.0554. The van der Waals surface area contributed by atoms with Gasteiger partial charge >= 0.3 is 6.18 Å². The van der Waals surface area contributed by atoms with Crippen molar-refractivity contribution in [3.8, 4) is 0 Å². The molecule has 0 radical (unpaired) electrons. The Morgan fingerprint density at radius 1 is 1.11 bits per heavy atom. The first kappa shape index (κ1) is 30.0. The summed E-state index contributed by atoms with van der Waals surface area (Å²) < 4.78 is 54.9. The molecule has 38 heavy (non-hydrogen) atoms. The maximum absolute atomic E-state index is 13.7. The lowest BCUT2D eigenvalue weighted by Crippen LogP contribution is -2.39. The van der Waals surface area contributed by atoms with E-state index >= 15 is 0 Å². The van der Waals surface area contributed by atoms with Gasteiger partial charge in [0.25, 0.3) is 5.91 Å². The number of likely N-dealkylation sites (N-methyl/N-ethyl adjacent to an activating group) is 1. The molecular formula is C26H30Cl2F4N4O2. The van der Waals surface area contributed by atoms with Gasteiger partial charge in [-0.05, 0) is 67.5 Å². The van der Waals surface area contributed by atoms with Crippen molar-refractivity contribution in [2.45, 2.75) is 37.8 Å². The minimum absolute atomic E-state index is 0.146. The van der Waals surface area contributed by atoms with E-state index in [0.29, 0.717) is 29.8 Å². The van der Waals surface area contributed by atoms with Crippen LogP contribution >= 0.6 is 23.2 Å². The van der Waals surface area contributed by atoms with Crippen LogP contribution in [-0.4, -0.2) is 73.6 Å². The predicted molar refractivity (Wildman–Crippen MR) is 139 cm³/mol. The smallest absolute Gasteiger partial charge is 0.357 e. The summed E-state index contributed by atoms with van der Waals surface area (Å²) in [7, 11) is 4.60. The van der Waals surface area contributed by atoms with Crippen LogP contribution in [0.2, 0.25) is 10.2 Å². The summed E-state index contributed by atoms with van der Waals surface area (Å²) in [6.45, 7) is 1.59. The fraction of sp³-hybridized carbons (Fsp3) is 0.500. The molecule has 0 N–H and O–H groups in total. The fourth-order valence-electron chi connectivity index (χ4n) is 4.61. The normalized spacial score (nSPS) is 15.3. The molecule has 1 atom stereocenters. The van der Waals surface area contributed by atoms with Crippen molar-refractivity contribution in [3.63, 3.8) is 0 Å². The van der Waals surface area contributed by atoms with Crippen LogP contribution in [0.5, 0.6) is 0 Å². The van der Waals surface area contributed by atoms with Crippen LogP contribution in [0.3, 0.4) is 0 Å². The van der Waals surface area contributed by atoms with Crippen molar-refractivity contribution in [3.05, 3.63) is 57.5 Å². The zero-order chi connectivity index (χ0) is 28.2. The molecule has 3 rings (SSSR count). The Labute approximate surface area is 229 Å². The minimum atomic E-state index is -4.88. The zero-order valence-corrected chi connectivity index (χ0v) is 22.9. The molecular weight excluding hydrogens is 547 g/mol. The molecule has 1 aliphatic heterocycles. The summed E-state index contributed by atoms with van der Waals surface area (Å²) in [4.78, 5) is 33.8. The summed E-state index contributed by atoms with van der Waals surface area (Å²) in [5.74, 6) is -3.75. The molecule has 2 heterocycles. The lowest BCUT2D eigenvalue weighted by Gasteiger charge is -2.33. The fourth-order valence-corrected chi connectivity index (χ4v) is 5.07. The number of carbonyl (C=O) groups excluding carboxylic acids is 2. The Morgan fingerprint density at radius 2 is 1.76 bits per heavy atom. The Morgan fingerprint density at radius 3 is 2.32 bits per heavy atom. The van der Waals surface area contributed by atoms with Crippen LogP contribution in [0.4, 0.5) is 23.4 Å². The van der Waals surface area contributed by atoms with E-state index in [2.05, 4.69) is 9.88 Å². The third-order valence-corrected chi connectivity index (χ3v) is 7.19. The number of amides is 2. The first-order valence-corrected chi connectivity index (χ1v) is 12.9. The van der Waals surface area contributed by atoms with Crippen LogP contribution in [0.25, 0.3) is 0 Å². The number of carbonyl (C=O) groups is 2. The Kier molecular flexibility index (Phi) is 9.86. The summed E-state index contributed by atoms with van der Waals surface area (Å²) in [6.07, 6.45) is -1.90. The van der Waals surface area contributed by atoms with Gasteiger partial charge in [0.1, 0.15) is 16.8 Å². The molecule has 0 spiro atoms. The molecule has 6 nitrogen and oxygen atoms in total. The van der Waals surface area contributed by atoms with E-state index in [0.717, 1.165) is 49.4 Å². The number of anilines is 1. The number of aromatic nitrogens is 1. The van der Waals surface area contributed by atoms with Crippen molar-refractivity contribution in [2.75, 3.05) is 45.7 Å². The standard InChI is InChI=1S/C26H30Cl2F4N4O2/c1-34(2)24(37)20-6-7-21(33-23(20)28)36-11-8-16(9-12-36)5-4-10-35(3)25(38)22(26(30,31)32)17-13-18(27)15-19(29)14-17/h6-7,13-16,22H,4-5,8-12H2,1-3H3. The highest BCUT2D eigenvalue weighted by Crippen LogP contribution is 2.37. The molecule has 208 valence electrons. The molecule has 1 aliphatic rings. The monoisotopic (exact) mass is 576 g/mol. The summed E-state index contributed by atoms with van der Waals surface area (Å²) in [6, 6.07) is 5.99. The molecule has 1 fully saturated rings. The van der Waals surface area contributed by atoms with Crippen molar-refractivity contribution in [2.24, 2.45) is 5.92 Å². The van der Waals surface area contributed by atoms with Crippen LogP contribution < -0.4 is 4.90 Å². The highest BCUT2D eigenvalue weighted by Gasteiger charge is 2.47. The van der Waals surface area contributed by atoms with E-state index in [4.69, 9.17) is 23.2 Å². The summed E-state index contributed by atoms with van der Waals surface area (Å²) >= 11 is 12.0. The molecule has 0 aliphatic carbocycles. The SMILES string of the molecule is CN(C)C(=O)c1ccc(N2CCC(CCCN(C)C(=O)C(c3cc(F)cc(Cl)c3)C(F)(F)F)CC2)nc1Cl. The van der Waals surface area contributed by atoms with Gasteiger partial charge in [-0.2, -0.15) is 13.2 Å². The van der Waals surface area contributed by atoms with Gasteiger partial charge < -0.3 is 14.7 Å². The third kappa shape index (κ3) is 7.50. The second kappa shape index (κ2) is 12.5. The average molecular weight is 577 g/mol. The second-order valence-corrected chi connectivity index (χ2v) is 10.5. The molecule has 0 saturated carbocycles. The van der Waals surface area contributed by atoms with Gasteiger partial charge in [0, 0.05) is 45.8 Å². The van der Waals surface area contributed by atoms with Crippen LogP contribution in [-0.2, 0) is 4.79 Å². The average Bonchev–Trinajstić information content (AvgIpc) is 2.82. The molecule has 1 aromatic carbocycles. The van der Waals surface area contributed by atoms with Gasteiger partial charge in [-0.15, -0.1) is 0 Å². The Bertz CT molecular complexity index is 1130. The largest absolute Gasteiger partial charge is 0.404 e. The number of pyridine rings is 1. The Balaban J connectivity index is 1.52. The van der Waals surface area contributed by atoms with E-state index in [-0.39, 0.29) is 22.6 Å². The van der Waals surface area contributed by atoms with Crippen molar-refractivity contribution < 1.29 is 27.2 Å². The topological polar surface area (TPSA) is 56.8 Å². The number of hydrogen-bond acceptors (Lipinski definition) is 4. The molecule has 12 heteroatoms. The first-order valence-electron chi connectivity index (χ1n) is 12.2. The number of benzene rings is 1. The van der Waals surface area contributed by atoms with Crippen LogP contribution in [0.15, 0.2) is 30.3 Å². The van der Waals surface area contributed by atoms with E-state index < -0.39 is 29.4 Å². The number of hydrogen-bond donors (Lipinski definition) is 0. The zero-order valence-electron chi connectivity index (χ0n) is 21.4. The van der Waals surface area contributed by atoms with Crippen LogP contribution in [0.1, 0.15) is 47.5 Å². The lowest BCUT2D eigenvalue weighted by atomic mass is 9.92. The van der Waals surface area contributed by atoms with E-state index in [1.807, 2.05) is 0 Å². The van der Waals surface area contributed by atoms with Gasteiger partial charge in [0.2, 0.25) is 5.91 Å². The van der Waals surface area contributed by atoms with Gasteiger partial charge in [-0.1, -0.05) is 23.2 Å². The van der Waals surface area contributed by atoms with Gasteiger partial charge in [0.15, 0.2) is 5.92 Å². The van der Waals surface area contributed by atoms with E-state index in [1.54, 1.807) is 26.2 Å². The van der Waals surface area contributed by atoms with Crippen molar-refractivity contribution >= 4 is 40.8 Å². The first-order chi connectivity index (χ1) is 17.8. The van der Waals surface area contributed by atoms with Gasteiger partial charge in [-0.25, -0.2) is 9.37 Å². The molecule has 0 bridgehead atoms. The Hall–Kier alpha value is -2.59. The predicted octanol–water partition coefficient (Wildman–Crippen LogP) is 6.03. The number of piperidine rings is 1. The molecule has 1 saturated heterocycles. The highest BCUT2D eigenvalue weighted by molar-refractivity contribution is 6.32. The minimum Gasteiger partial charge on any atom is -0.357 e. The maximum Gasteiger partial charge on any atom is 0.404 e. The summed E-state index contributed by atoms with van der Waals surface area (Å²) in [5.41, 5.74) is -0.179. The molecule has 1 aromatic heterocycles. The third-order valence-electron chi connectivity index (χ3n) is 6.68. The van der Waals surface area contributed by atoms with Crippen molar-refractivity contribution in [1.29, 1.82) is 0 Å². The van der Waals surface area contributed by atoms with E-state index in [1.165, 1.54) is 11.9 Å². The maximum atomic E-state index is 13.7. The second-order valence-electron chi connectivity index (χ2n) is 9.72. The molecule has 2 aromatic rings. The molecule has 1 unspecified atom stereocenters. The highest BCUT2D eigenvalue weighted by atomic mass is 35.5. The lowest BCUT2D eigenvalue weighted by molar-refractivity contribution is -0.171. The van der Waals surface area contributed by atoms with Crippen molar-refractivity contribution in [1.82, 2.24) is 14.8 Å². The van der Waals surface area contributed by atoms with Gasteiger partial charge in [-0.3, -0.25) is 9.59 Å². The van der Waals surface area contributed by atoms with Gasteiger partial charge in [0.05, 0.1) is 5.56 Å². The van der Waals surface area contributed by atoms with Crippen LogP contribution in [0, 0.1) is 11.7 Å². The molecule has 2 amide bonds. The quantitative estimate of drug-likeness (QED) is 0.284. The van der Waals surface area contributed by atoms with E-state index in [9.17, 15) is 27.2 Å². The number of alkyl halides is 3.